The highest BCUT2D eigenvalue weighted by Gasteiger charge is 2.18. The first-order chi connectivity index (χ1) is 10.0. The molecular formula is C17H25ClNO3-. The number of piperidine rings is 1. The van der Waals surface area contributed by atoms with Crippen LogP contribution >= 0.6 is 0 Å². The zero-order chi connectivity index (χ0) is 15.2. The summed E-state index contributed by atoms with van der Waals surface area (Å²) in [4.78, 5) is 13.5. The van der Waals surface area contributed by atoms with E-state index < -0.39 is 6.10 Å². The highest BCUT2D eigenvalue weighted by molar-refractivity contribution is 5.94. The molecule has 0 radical (unpaired) electrons. The number of carbonyl (C=O) groups excluding carboxylic acids is 1. The molecule has 0 saturated carbocycles. The number of aliphatic hydroxyl groups excluding tert-OH is 1. The van der Waals surface area contributed by atoms with Gasteiger partial charge in [-0.1, -0.05) is 6.92 Å². The Morgan fingerprint density at radius 3 is 2.45 bits per heavy atom. The molecule has 1 N–H and O–H groups in total. The number of hydrogen-bond donors (Lipinski definition) is 1. The summed E-state index contributed by atoms with van der Waals surface area (Å²) in [5.41, 5.74) is 0.672. The number of hydrogen-bond acceptors (Lipinski definition) is 4. The zero-order valence-corrected chi connectivity index (χ0v) is 14.1. The highest BCUT2D eigenvalue weighted by Crippen LogP contribution is 2.16. The highest BCUT2D eigenvalue weighted by atomic mass is 35.5. The molecule has 0 aliphatic carbocycles. The van der Waals surface area contributed by atoms with Gasteiger partial charge in [0, 0.05) is 12.1 Å². The Kier molecular flexibility index (Phi) is 7.87. The Hall–Kier alpha value is -1.10. The molecule has 1 atom stereocenters. The molecule has 1 saturated heterocycles. The molecule has 2 rings (SSSR count). The van der Waals surface area contributed by atoms with Crippen molar-refractivity contribution >= 4 is 5.78 Å². The van der Waals surface area contributed by atoms with E-state index in [0.717, 1.165) is 19.0 Å². The standard InChI is InChI=1S/C17H25NO3.ClH/c1-13-7-9-18(10-8-13)11-16(20)12-21-17-5-3-15(4-6-17)14(2)19;/h3-6,13,16,20H,7-12H2,1-2H3;1H/p-1. The molecule has 0 amide bonds. The summed E-state index contributed by atoms with van der Waals surface area (Å²) in [5, 5.41) is 10.1. The van der Waals surface area contributed by atoms with Gasteiger partial charge in [-0.15, -0.1) is 0 Å². The van der Waals surface area contributed by atoms with E-state index in [0.29, 0.717) is 17.9 Å². The van der Waals surface area contributed by atoms with Gasteiger partial charge in [-0.25, -0.2) is 0 Å². The van der Waals surface area contributed by atoms with Crippen LogP contribution in [0.4, 0.5) is 0 Å². The molecule has 0 spiro atoms. The molecular weight excluding hydrogens is 302 g/mol. The summed E-state index contributed by atoms with van der Waals surface area (Å²) in [7, 11) is 0. The second-order valence-electron chi connectivity index (χ2n) is 6.03. The Labute approximate surface area is 138 Å². The molecule has 1 aliphatic heterocycles. The van der Waals surface area contributed by atoms with Crippen LogP contribution in [0.3, 0.4) is 0 Å². The fourth-order valence-corrected chi connectivity index (χ4v) is 2.57. The second-order valence-corrected chi connectivity index (χ2v) is 6.03. The third-order valence-corrected chi connectivity index (χ3v) is 4.05. The molecule has 5 heteroatoms. The van der Waals surface area contributed by atoms with E-state index in [1.807, 2.05) is 0 Å². The van der Waals surface area contributed by atoms with Crippen LogP contribution in [0, 0.1) is 5.92 Å². The number of ketones is 1. The van der Waals surface area contributed by atoms with Crippen LogP contribution in [0.2, 0.25) is 0 Å². The minimum atomic E-state index is -0.481. The summed E-state index contributed by atoms with van der Waals surface area (Å²) >= 11 is 0. The summed E-state index contributed by atoms with van der Waals surface area (Å²) in [6, 6.07) is 7.03. The maximum Gasteiger partial charge on any atom is 0.159 e. The molecule has 1 aliphatic rings. The minimum absolute atomic E-state index is 0. The van der Waals surface area contributed by atoms with Crippen LogP contribution in [-0.2, 0) is 0 Å². The van der Waals surface area contributed by atoms with Gasteiger partial charge in [-0.3, -0.25) is 4.79 Å². The maximum absolute atomic E-state index is 11.2. The zero-order valence-electron chi connectivity index (χ0n) is 13.3. The lowest BCUT2D eigenvalue weighted by Crippen LogP contribution is -3.00. The first-order valence-electron chi connectivity index (χ1n) is 7.69. The van der Waals surface area contributed by atoms with E-state index >= 15 is 0 Å². The number of β-amino-alcohol motifs (C(OH)–C–C–N with tert-alkyl or cyclic N) is 1. The number of likely N-dealkylation sites (tertiary alicyclic amines) is 1. The first kappa shape index (κ1) is 18.9. The van der Waals surface area contributed by atoms with Crippen molar-refractivity contribution in [1.82, 2.24) is 4.90 Å². The van der Waals surface area contributed by atoms with E-state index in [4.69, 9.17) is 4.74 Å². The summed E-state index contributed by atoms with van der Waals surface area (Å²) in [6.45, 7) is 6.89. The van der Waals surface area contributed by atoms with Crippen molar-refractivity contribution in [2.45, 2.75) is 32.8 Å². The van der Waals surface area contributed by atoms with Gasteiger partial charge in [0.05, 0.1) is 0 Å². The van der Waals surface area contributed by atoms with Crippen molar-refractivity contribution in [3.8, 4) is 5.75 Å². The van der Waals surface area contributed by atoms with Gasteiger partial charge in [-0.2, -0.15) is 0 Å². The summed E-state index contributed by atoms with van der Waals surface area (Å²) < 4.78 is 5.58. The average Bonchev–Trinajstić information content (AvgIpc) is 2.48. The number of nitrogens with zero attached hydrogens (tertiary/aromatic N) is 1. The van der Waals surface area contributed by atoms with Crippen LogP contribution in [0.5, 0.6) is 5.75 Å². The monoisotopic (exact) mass is 326 g/mol. The minimum Gasteiger partial charge on any atom is -1.00 e. The number of aliphatic hydroxyl groups is 1. The van der Waals surface area contributed by atoms with Gasteiger partial charge in [0.1, 0.15) is 18.5 Å². The quantitative estimate of drug-likeness (QED) is 0.707. The van der Waals surface area contributed by atoms with E-state index in [1.54, 1.807) is 31.2 Å². The Morgan fingerprint density at radius 2 is 1.91 bits per heavy atom. The summed E-state index contributed by atoms with van der Waals surface area (Å²) in [6.07, 6.45) is 1.94. The third-order valence-electron chi connectivity index (χ3n) is 4.05. The van der Waals surface area contributed by atoms with E-state index in [1.165, 1.54) is 12.8 Å². The fourth-order valence-electron chi connectivity index (χ4n) is 2.57. The molecule has 1 aromatic carbocycles. The summed E-state index contributed by atoms with van der Waals surface area (Å²) in [5.74, 6) is 1.53. The molecule has 4 nitrogen and oxygen atoms in total. The van der Waals surface area contributed by atoms with E-state index in [-0.39, 0.29) is 24.8 Å². The lowest BCUT2D eigenvalue weighted by Gasteiger charge is -2.31. The first-order valence-corrected chi connectivity index (χ1v) is 7.69. The second kappa shape index (κ2) is 9.13. The molecule has 22 heavy (non-hydrogen) atoms. The van der Waals surface area contributed by atoms with Gasteiger partial charge in [0.2, 0.25) is 0 Å². The Balaban J connectivity index is 0.00000242. The molecule has 1 unspecified atom stereocenters. The number of benzene rings is 1. The predicted molar refractivity (Wildman–Crippen MR) is 82.8 cm³/mol. The van der Waals surface area contributed by atoms with Gasteiger partial charge >= 0.3 is 0 Å². The normalized spacial score (nSPS) is 17.6. The van der Waals surface area contributed by atoms with Gasteiger partial charge < -0.3 is 27.2 Å². The van der Waals surface area contributed by atoms with E-state index in [9.17, 15) is 9.90 Å². The largest absolute Gasteiger partial charge is 1.00 e. The topological polar surface area (TPSA) is 49.8 Å². The smallest absolute Gasteiger partial charge is 0.159 e. The van der Waals surface area contributed by atoms with Crippen LogP contribution in [0.1, 0.15) is 37.0 Å². The van der Waals surface area contributed by atoms with Crippen LogP contribution < -0.4 is 17.1 Å². The van der Waals surface area contributed by atoms with Crippen molar-refractivity contribution in [1.29, 1.82) is 0 Å². The lowest BCUT2D eigenvalue weighted by molar-refractivity contribution is -0.0000146. The van der Waals surface area contributed by atoms with Crippen molar-refractivity contribution in [3.63, 3.8) is 0 Å². The third kappa shape index (κ3) is 5.95. The number of carbonyl (C=O) groups is 1. The number of halogens is 1. The van der Waals surface area contributed by atoms with Gasteiger partial charge in [0.25, 0.3) is 0 Å². The lowest BCUT2D eigenvalue weighted by atomic mass is 9.99. The fraction of sp³-hybridized carbons (Fsp3) is 0.588. The van der Waals surface area contributed by atoms with Crippen LogP contribution in [0.25, 0.3) is 0 Å². The predicted octanol–water partition coefficient (Wildman–Crippen LogP) is -0.635. The molecule has 1 aromatic rings. The Bertz CT molecular complexity index is 455. The molecule has 124 valence electrons. The van der Waals surface area contributed by atoms with Crippen LogP contribution in [0.15, 0.2) is 24.3 Å². The van der Waals surface area contributed by atoms with E-state index in [2.05, 4.69) is 11.8 Å². The van der Waals surface area contributed by atoms with Crippen molar-refractivity contribution in [2.24, 2.45) is 5.92 Å². The molecule has 0 bridgehead atoms. The van der Waals surface area contributed by atoms with Crippen LogP contribution in [-0.4, -0.2) is 48.1 Å². The van der Waals surface area contributed by atoms with Gasteiger partial charge in [0.15, 0.2) is 5.78 Å². The van der Waals surface area contributed by atoms with Gasteiger partial charge in [-0.05, 0) is 63.0 Å². The number of ether oxygens (including phenoxy) is 1. The van der Waals surface area contributed by atoms with Crippen molar-refractivity contribution in [3.05, 3.63) is 29.8 Å². The maximum atomic E-state index is 11.2. The molecule has 0 aromatic heterocycles. The average molecular weight is 327 g/mol. The Morgan fingerprint density at radius 1 is 1.32 bits per heavy atom. The SMILES string of the molecule is CC(=O)c1ccc(OCC(O)CN2CCC(C)CC2)cc1.[Cl-]. The molecule has 1 fully saturated rings. The van der Waals surface area contributed by atoms with Crippen molar-refractivity contribution in [2.75, 3.05) is 26.2 Å². The molecule has 1 heterocycles. The number of Topliss-reactive ketones (excluding diaryl/α,β-unsaturated/α-hetero) is 1. The number of rotatable bonds is 6. The van der Waals surface area contributed by atoms with Crippen molar-refractivity contribution < 1.29 is 27.0 Å².